The number of likely N-dealkylation sites (N-methyl/N-ethyl adjacent to an activating group) is 1. The number of fused-ring (bicyclic) bond motifs is 2. The van der Waals surface area contributed by atoms with Crippen LogP contribution in [0.2, 0.25) is 0 Å². The van der Waals surface area contributed by atoms with Gasteiger partial charge in [-0.05, 0) is 12.1 Å². The summed E-state index contributed by atoms with van der Waals surface area (Å²) in [5.41, 5.74) is 6.49. The molecule has 3 aromatic heterocycles. The normalized spacial score (nSPS) is 14.0. The molecule has 6 rings (SSSR count). The van der Waals surface area contributed by atoms with Gasteiger partial charge in [-0.15, -0.1) is 0 Å². The summed E-state index contributed by atoms with van der Waals surface area (Å²) in [7, 11) is 3.64. The topological polar surface area (TPSA) is 72.4 Å². The molecule has 9 heteroatoms. The number of aromatic nitrogens is 3. The number of pyridine rings is 2. The van der Waals surface area contributed by atoms with Gasteiger partial charge < -0.3 is 9.64 Å². The molecule has 0 saturated carbocycles. The van der Waals surface area contributed by atoms with E-state index in [1.165, 1.54) is 0 Å². The third-order valence-corrected chi connectivity index (χ3v) is 9.62. The zero-order valence-electron chi connectivity index (χ0n) is 23.6. The van der Waals surface area contributed by atoms with Gasteiger partial charge >= 0.3 is 167 Å². The first-order chi connectivity index (χ1) is 19.8. The van der Waals surface area contributed by atoms with Crippen LogP contribution in [-0.4, -0.2) is 71.6 Å². The molecule has 0 fully saturated rings. The summed E-state index contributed by atoms with van der Waals surface area (Å²) in [4.78, 5) is 33.9. The fourth-order valence-electron chi connectivity index (χ4n) is 5.37. The summed E-state index contributed by atoms with van der Waals surface area (Å²) in [6.45, 7) is 4.64. The molecule has 1 aliphatic heterocycles. The van der Waals surface area contributed by atoms with E-state index in [1.54, 1.807) is 16.5 Å². The predicted octanol–water partition coefficient (Wildman–Crippen LogP) is 1.03. The number of carbonyl (C=O) groups is 1. The van der Waals surface area contributed by atoms with Crippen molar-refractivity contribution in [1.82, 2.24) is 17.2 Å². The fraction of sp³-hybridized carbons (Fsp3) is 0.250. The van der Waals surface area contributed by atoms with E-state index >= 15 is 0 Å². The van der Waals surface area contributed by atoms with Crippen LogP contribution in [0.3, 0.4) is 0 Å². The van der Waals surface area contributed by atoms with Crippen molar-refractivity contribution < 1.29 is 35.6 Å². The van der Waals surface area contributed by atoms with Crippen LogP contribution in [-0.2, 0) is 11.8 Å². The molecule has 8 nitrogen and oxygen atoms in total. The second kappa shape index (κ2) is 11.1. The molecule has 0 aliphatic carbocycles. The van der Waals surface area contributed by atoms with Crippen LogP contribution in [0.1, 0.15) is 6.92 Å². The van der Waals surface area contributed by atoms with Crippen LogP contribution in [0.4, 0.5) is 0 Å². The average Bonchev–Trinajstić information content (AvgIpc) is 3.43. The molecule has 1 aliphatic rings. The molecule has 0 N–H and O–H groups in total. The number of aryl methyl sites for hydroxylation is 1. The SMILES string of the molecule is C[I-]n1ccc2c(-c3ccc4cc(-c5ccc(OCC[N+]6=C(C)C(=O)N(C)CC6)cc5)ccc4n3)cn(C)c(=O)c21. The number of hydrogen-bond acceptors (Lipinski definition) is 4. The monoisotopic (exact) mass is 661 g/mol. The first kappa shape index (κ1) is 27.2. The van der Waals surface area contributed by atoms with Gasteiger partial charge in [0.15, 0.2) is 13.1 Å². The molecule has 4 heterocycles. The maximum atomic E-state index is 12.8. The molecule has 2 aromatic carbocycles. The van der Waals surface area contributed by atoms with Gasteiger partial charge in [-0.25, -0.2) is 4.58 Å². The fourth-order valence-corrected chi connectivity index (χ4v) is 6.80. The van der Waals surface area contributed by atoms with Crippen LogP contribution in [0.15, 0.2) is 77.9 Å². The Balaban J connectivity index is 1.20. The van der Waals surface area contributed by atoms with Crippen molar-refractivity contribution in [1.29, 1.82) is 0 Å². The summed E-state index contributed by atoms with van der Waals surface area (Å²) >= 11 is -0.277. The van der Waals surface area contributed by atoms with Gasteiger partial charge in [-0.1, -0.05) is 0 Å². The quantitative estimate of drug-likeness (QED) is 0.149. The molecule has 210 valence electrons. The van der Waals surface area contributed by atoms with Crippen molar-refractivity contribution in [3.8, 4) is 28.1 Å². The van der Waals surface area contributed by atoms with Gasteiger partial charge in [0, 0.05) is 14.0 Å². The van der Waals surface area contributed by atoms with Gasteiger partial charge in [0.25, 0.3) is 0 Å². The Morgan fingerprint density at radius 2 is 1.78 bits per heavy atom. The molecule has 0 saturated heterocycles. The van der Waals surface area contributed by atoms with E-state index < -0.39 is 0 Å². The van der Waals surface area contributed by atoms with Crippen molar-refractivity contribution in [3.05, 3.63) is 83.4 Å². The number of halogens is 1. The second-order valence-corrected chi connectivity index (χ2v) is 12.3. The number of nitrogens with zero attached hydrogens (tertiary/aromatic N) is 5. The zero-order valence-corrected chi connectivity index (χ0v) is 25.8. The van der Waals surface area contributed by atoms with E-state index in [9.17, 15) is 9.59 Å². The number of amides is 1. The summed E-state index contributed by atoms with van der Waals surface area (Å²) in [5.74, 6) is 0.890. The van der Waals surface area contributed by atoms with Crippen molar-refractivity contribution in [3.63, 3.8) is 0 Å². The Kier molecular flexibility index (Phi) is 7.37. The summed E-state index contributed by atoms with van der Waals surface area (Å²) in [6.07, 6.45) is 3.90. The van der Waals surface area contributed by atoms with Gasteiger partial charge in [-0.3, -0.25) is 4.79 Å². The molecule has 5 aromatic rings. The molecule has 0 atom stereocenters. The van der Waals surface area contributed by atoms with Crippen LogP contribution in [0, 0.1) is 0 Å². The van der Waals surface area contributed by atoms with E-state index in [2.05, 4.69) is 48.7 Å². The zero-order chi connectivity index (χ0) is 28.7. The minimum absolute atomic E-state index is 0.0253. The van der Waals surface area contributed by atoms with Crippen molar-refractivity contribution in [2.45, 2.75) is 6.92 Å². The summed E-state index contributed by atoms with van der Waals surface area (Å²) in [6, 6.07) is 20.6. The Morgan fingerprint density at radius 3 is 2.56 bits per heavy atom. The van der Waals surface area contributed by atoms with Crippen molar-refractivity contribution in [2.24, 2.45) is 7.05 Å². The first-order valence-corrected chi connectivity index (χ1v) is 16.7. The number of alkyl halides is 1. The average molecular weight is 662 g/mol. The van der Waals surface area contributed by atoms with E-state index in [-0.39, 0.29) is 32.9 Å². The predicted molar refractivity (Wildman–Crippen MR) is 158 cm³/mol. The Bertz CT molecular complexity index is 1890. The van der Waals surface area contributed by atoms with Crippen molar-refractivity contribution in [2.75, 3.05) is 38.2 Å². The standard InChI is InChI=1S/C32H32IN5O3/c1-21-31(39)35(3)15-16-37(21)17-18-41-25-9-5-22(6-10-25)23-7-11-28-24(19-23)8-12-29(34-28)27-20-36(4)32(40)30-26(27)13-14-38(30)33-2/h5-14,19-20H,15-18H2,1-4H3. The number of benzene rings is 2. The number of hydrogen-bond donors (Lipinski definition) is 0. The molecule has 0 radical (unpaired) electrons. The van der Waals surface area contributed by atoms with Crippen LogP contribution in [0.5, 0.6) is 5.75 Å². The van der Waals surface area contributed by atoms with Gasteiger partial charge in [0.2, 0.25) is 5.71 Å². The molecular weight excluding hydrogens is 629 g/mol. The van der Waals surface area contributed by atoms with Crippen LogP contribution >= 0.6 is 0 Å². The third kappa shape index (κ3) is 5.14. The molecule has 0 unspecified atom stereocenters. The van der Waals surface area contributed by atoms with Gasteiger partial charge in [-0.2, -0.15) is 0 Å². The molecule has 0 spiro atoms. The number of carbonyl (C=O) groups excluding carboxylic acids is 1. The number of ether oxygens (including phenoxy) is 1. The maximum absolute atomic E-state index is 12.8. The first-order valence-electron chi connectivity index (χ1n) is 13.5. The Morgan fingerprint density at radius 1 is 1.00 bits per heavy atom. The Hall–Kier alpha value is -3.99. The van der Waals surface area contributed by atoms with Crippen molar-refractivity contribution >= 4 is 33.4 Å². The summed E-state index contributed by atoms with van der Waals surface area (Å²) < 4.78 is 11.8. The van der Waals surface area contributed by atoms with E-state index in [4.69, 9.17) is 9.72 Å². The Labute approximate surface area is 249 Å². The molecule has 41 heavy (non-hydrogen) atoms. The van der Waals surface area contributed by atoms with Crippen LogP contribution in [0.25, 0.3) is 44.2 Å². The van der Waals surface area contributed by atoms with Crippen LogP contribution < -0.4 is 31.8 Å². The second-order valence-electron chi connectivity index (χ2n) is 10.3. The van der Waals surface area contributed by atoms with E-state index in [1.807, 2.05) is 50.6 Å². The summed E-state index contributed by atoms with van der Waals surface area (Å²) in [5, 5.41) is 2.00. The van der Waals surface area contributed by atoms with E-state index in [0.717, 1.165) is 68.7 Å². The minimum atomic E-state index is -0.277. The van der Waals surface area contributed by atoms with Gasteiger partial charge in [0.1, 0.15) is 12.4 Å². The number of rotatable bonds is 7. The molecule has 1 amide bonds. The van der Waals surface area contributed by atoms with Gasteiger partial charge in [0.05, 0.1) is 6.54 Å². The molecular formula is C32H32IN5O3. The molecule has 0 bridgehead atoms. The third-order valence-electron chi connectivity index (χ3n) is 7.78. The van der Waals surface area contributed by atoms with E-state index in [0.29, 0.717) is 13.2 Å².